The van der Waals surface area contributed by atoms with E-state index in [1.165, 1.54) is 0 Å². The predicted octanol–water partition coefficient (Wildman–Crippen LogP) is 2.95. The van der Waals surface area contributed by atoms with Gasteiger partial charge in [-0.3, -0.25) is 4.79 Å². The molecule has 0 bridgehead atoms. The van der Waals surface area contributed by atoms with Gasteiger partial charge in [-0.15, -0.1) is 0 Å². The second-order valence-corrected chi connectivity index (χ2v) is 6.54. The average molecular weight is 349 g/mol. The molecule has 1 fully saturated rings. The largest absolute Gasteiger partial charge is 0.367 e. The van der Waals surface area contributed by atoms with Crippen molar-refractivity contribution in [3.63, 3.8) is 0 Å². The highest BCUT2D eigenvalue weighted by Gasteiger charge is 2.21. The highest BCUT2D eigenvalue weighted by atomic mass is 35.5. The zero-order valence-electron chi connectivity index (χ0n) is 14.1. The number of aryl methyl sites for hydroxylation is 2. The number of likely N-dealkylation sites (N-methyl/N-ethyl adjacent to an activating group) is 1. The lowest BCUT2D eigenvalue weighted by Gasteiger charge is -2.35. The van der Waals surface area contributed by atoms with Gasteiger partial charge in [-0.2, -0.15) is 0 Å². The number of piperazine rings is 1. The third-order valence-electron chi connectivity index (χ3n) is 4.31. The van der Waals surface area contributed by atoms with Crippen LogP contribution in [0.25, 0.3) is 0 Å². The molecule has 7 heteroatoms. The van der Waals surface area contributed by atoms with Gasteiger partial charge in [0.15, 0.2) is 0 Å². The van der Waals surface area contributed by atoms with Crippen molar-refractivity contribution in [2.24, 2.45) is 0 Å². The summed E-state index contributed by atoms with van der Waals surface area (Å²) in [6.45, 7) is 7.28. The van der Waals surface area contributed by atoms with Gasteiger partial charge < -0.3 is 19.6 Å². The fourth-order valence-corrected chi connectivity index (χ4v) is 3.10. The summed E-state index contributed by atoms with van der Waals surface area (Å²) in [5, 5.41) is 7.39. The van der Waals surface area contributed by atoms with Crippen LogP contribution >= 0.6 is 11.6 Å². The van der Waals surface area contributed by atoms with Gasteiger partial charge in [0.25, 0.3) is 5.91 Å². The molecule has 0 unspecified atom stereocenters. The van der Waals surface area contributed by atoms with Crippen LogP contribution in [0.5, 0.6) is 0 Å². The molecule has 1 aliphatic heterocycles. The van der Waals surface area contributed by atoms with Crippen molar-refractivity contribution in [3.8, 4) is 0 Å². The molecule has 0 spiro atoms. The zero-order chi connectivity index (χ0) is 17.3. The van der Waals surface area contributed by atoms with Gasteiger partial charge in [0, 0.05) is 31.2 Å². The first-order chi connectivity index (χ1) is 11.5. The fourth-order valence-electron chi connectivity index (χ4n) is 2.92. The summed E-state index contributed by atoms with van der Waals surface area (Å²) < 4.78 is 5.08. The van der Waals surface area contributed by atoms with E-state index >= 15 is 0 Å². The van der Waals surface area contributed by atoms with Gasteiger partial charge in [-0.25, -0.2) is 0 Å². The summed E-state index contributed by atoms with van der Waals surface area (Å²) in [7, 11) is 2.11. The highest BCUT2D eigenvalue weighted by Crippen LogP contribution is 2.30. The molecular formula is C17H21ClN4O2. The topological polar surface area (TPSA) is 61.6 Å². The van der Waals surface area contributed by atoms with Crippen LogP contribution in [0, 0.1) is 13.8 Å². The van der Waals surface area contributed by atoms with E-state index in [1.807, 2.05) is 12.1 Å². The third-order valence-corrected chi connectivity index (χ3v) is 4.55. The zero-order valence-corrected chi connectivity index (χ0v) is 14.9. The second kappa shape index (κ2) is 6.83. The number of amides is 1. The van der Waals surface area contributed by atoms with Crippen LogP contribution in [0.2, 0.25) is 5.02 Å². The van der Waals surface area contributed by atoms with Gasteiger partial charge in [0.1, 0.15) is 11.3 Å². The number of hydrogen-bond acceptors (Lipinski definition) is 5. The molecule has 0 saturated carbocycles. The lowest BCUT2D eigenvalue weighted by molar-refractivity contribution is 0.102. The molecular weight excluding hydrogens is 328 g/mol. The number of carbonyl (C=O) groups is 1. The van der Waals surface area contributed by atoms with Gasteiger partial charge in [0.05, 0.1) is 17.1 Å². The molecule has 128 valence electrons. The molecule has 1 saturated heterocycles. The molecule has 1 amide bonds. The van der Waals surface area contributed by atoms with Crippen LogP contribution < -0.4 is 10.2 Å². The van der Waals surface area contributed by atoms with Crippen LogP contribution in [0.4, 0.5) is 11.4 Å². The Kier molecular flexibility index (Phi) is 4.78. The second-order valence-electron chi connectivity index (χ2n) is 6.11. The number of carbonyl (C=O) groups excluding carboxylic acids is 1. The number of hydrogen-bond donors (Lipinski definition) is 1. The van der Waals surface area contributed by atoms with E-state index in [2.05, 4.69) is 27.3 Å². The number of halogens is 1. The summed E-state index contributed by atoms with van der Waals surface area (Å²) in [5.41, 5.74) is 2.73. The van der Waals surface area contributed by atoms with E-state index < -0.39 is 0 Å². The SMILES string of the molecule is Cc1noc(C)c1C(=O)Nc1cc(Cl)ccc1N1CCN(C)CC1. The lowest BCUT2D eigenvalue weighted by Crippen LogP contribution is -2.44. The van der Waals surface area contributed by atoms with Crippen molar-refractivity contribution in [3.05, 3.63) is 40.2 Å². The average Bonchev–Trinajstić information content (AvgIpc) is 2.87. The Morgan fingerprint density at radius 2 is 1.96 bits per heavy atom. The van der Waals surface area contributed by atoms with Crippen molar-refractivity contribution >= 4 is 28.9 Å². The van der Waals surface area contributed by atoms with Crippen LogP contribution in [-0.4, -0.2) is 49.2 Å². The maximum atomic E-state index is 12.6. The first-order valence-electron chi connectivity index (χ1n) is 7.93. The van der Waals surface area contributed by atoms with E-state index in [-0.39, 0.29) is 5.91 Å². The maximum absolute atomic E-state index is 12.6. The van der Waals surface area contributed by atoms with Crippen molar-refractivity contribution in [2.75, 3.05) is 43.4 Å². The third kappa shape index (κ3) is 3.39. The molecule has 2 aromatic rings. The van der Waals surface area contributed by atoms with Crippen LogP contribution in [-0.2, 0) is 0 Å². The molecule has 1 aliphatic rings. The molecule has 2 heterocycles. The summed E-state index contributed by atoms with van der Waals surface area (Å²) in [4.78, 5) is 17.2. The van der Waals surface area contributed by atoms with Gasteiger partial charge >= 0.3 is 0 Å². The van der Waals surface area contributed by atoms with E-state index in [9.17, 15) is 4.79 Å². The molecule has 6 nitrogen and oxygen atoms in total. The summed E-state index contributed by atoms with van der Waals surface area (Å²) >= 11 is 6.14. The summed E-state index contributed by atoms with van der Waals surface area (Å²) in [6.07, 6.45) is 0. The Balaban J connectivity index is 1.87. The van der Waals surface area contributed by atoms with E-state index in [0.717, 1.165) is 31.9 Å². The number of nitrogens with zero attached hydrogens (tertiary/aromatic N) is 3. The van der Waals surface area contributed by atoms with E-state index in [0.29, 0.717) is 27.7 Å². The van der Waals surface area contributed by atoms with E-state index in [1.54, 1.807) is 19.9 Å². The normalized spacial score (nSPS) is 15.6. The Hall–Kier alpha value is -2.05. The van der Waals surface area contributed by atoms with Crippen molar-refractivity contribution < 1.29 is 9.32 Å². The first-order valence-corrected chi connectivity index (χ1v) is 8.31. The number of anilines is 2. The summed E-state index contributed by atoms with van der Waals surface area (Å²) in [5.74, 6) is 0.275. The van der Waals surface area contributed by atoms with Crippen LogP contribution in [0.15, 0.2) is 22.7 Å². The quantitative estimate of drug-likeness (QED) is 0.924. The van der Waals surface area contributed by atoms with Crippen LogP contribution in [0.3, 0.4) is 0 Å². The minimum absolute atomic E-state index is 0.233. The Labute approximate surface area is 146 Å². The number of aromatic nitrogens is 1. The fraction of sp³-hybridized carbons (Fsp3) is 0.412. The van der Waals surface area contributed by atoms with Gasteiger partial charge in [0.2, 0.25) is 0 Å². The van der Waals surface area contributed by atoms with Crippen LogP contribution in [0.1, 0.15) is 21.8 Å². The Bertz CT molecular complexity index is 732. The molecule has 24 heavy (non-hydrogen) atoms. The Morgan fingerprint density at radius 3 is 2.58 bits per heavy atom. The lowest BCUT2D eigenvalue weighted by atomic mass is 10.1. The van der Waals surface area contributed by atoms with Crippen molar-refractivity contribution in [1.82, 2.24) is 10.1 Å². The molecule has 3 rings (SSSR count). The summed E-state index contributed by atoms with van der Waals surface area (Å²) in [6, 6.07) is 5.59. The molecule has 0 aliphatic carbocycles. The van der Waals surface area contributed by atoms with Crippen molar-refractivity contribution in [1.29, 1.82) is 0 Å². The molecule has 0 radical (unpaired) electrons. The highest BCUT2D eigenvalue weighted by molar-refractivity contribution is 6.31. The molecule has 1 N–H and O–H groups in total. The predicted molar refractivity (Wildman–Crippen MR) is 95.1 cm³/mol. The standard InChI is InChI=1S/C17H21ClN4O2/c1-11-16(12(2)24-20-11)17(23)19-14-10-13(18)4-5-15(14)22-8-6-21(3)7-9-22/h4-5,10H,6-9H2,1-3H3,(H,19,23). The first kappa shape index (κ1) is 16.8. The van der Waals surface area contributed by atoms with Gasteiger partial charge in [-0.05, 0) is 39.1 Å². The van der Waals surface area contributed by atoms with E-state index in [4.69, 9.17) is 16.1 Å². The Morgan fingerprint density at radius 1 is 1.25 bits per heavy atom. The van der Waals surface area contributed by atoms with Crippen molar-refractivity contribution in [2.45, 2.75) is 13.8 Å². The molecule has 1 aromatic heterocycles. The molecule has 1 aromatic carbocycles. The smallest absolute Gasteiger partial charge is 0.261 e. The number of nitrogens with one attached hydrogen (secondary N) is 1. The minimum Gasteiger partial charge on any atom is -0.367 e. The number of rotatable bonds is 3. The monoisotopic (exact) mass is 348 g/mol. The van der Waals surface area contributed by atoms with Gasteiger partial charge in [-0.1, -0.05) is 16.8 Å². The maximum Gasteiger partial charge on any atom is 0.261 e. The molecule has 0 atom stereocenters. The number of benzene rings is 1. The minimum atomic E-state index is -0.233.